The lowest BCUT2D eigenvalue weighted by Crippen LogP contribution is -2.36. The summed E-state index contributed by atoms with van der Waals surface area (Å²) in [7, 11) is 0. The second kappa shape index (κ2) is 7.80. The van der Waals surface area contributed by atoms with E-state index in [-0.39, 0.29) is 18.4 Å². The monoisotopic (exact) mass is 386 g/mol. The molecule has 2 aliphatic carbocycles. The van der Waals surface area contributed by atoms with Gasteiger partial charge in [-0.05, 0) is 49.3 Å². The van der Waals surface area contributed by atoms with E-state index in [9.17, 15) is 4.79 Å². The van der Waals surface area contributed by atoms with Crippen molar-refractivity contribution in [2.75, 3.05) is 0 Å². The predicted octanol–water partition coefficient (Wildman–Crippen LogP) is 3.88. The van der Waals surface area contributed by atoms with E-state index in [1.165, 1.54) is 12.0 Å². The van der Waals surface area contributed by atoms with Gasteiger partial charge in [-0.1, -0.05) is 34.5 Å². The summed E-state index contributed by atoms with van der Waals surface area (Å²) in [6.45, 7) is 0.727. The fourth-order valence-corrected chi connectivity index (χ4v) is 3.75. The molecule has 2 aliphatic rings. The van der Waals surface area contributed by atoms with Gasteiger partial charge in [-0.2, -0.15) is 0 Å². The van der Waals surface area contributed by atoms with Crippen LogP contribution in [-0.2, 0) is 11.3 Å². The quantitative estimate of drug-likeness (QED) is 0.833. The Kier molecular flexibility index (Phi) is 6.30. The molecule has 2 atom stereocenters. The van der Waals surface area contributed by atoms with Gasteiger partial charge in [0.15, 0.2) is 0 Å². The average Bonchev–Trinajstić information content (AvgIpc) is 3.21. The molecule has 3 rings (SSSR count). The molecule has 0 bridgehead atoms. The topological polar surface area (TPSA) is 46.3 Å². The van der Waals surface area contributed by atoms with Crippen molar-refractivity contribution in [1.82, 2.24) is 4.90 Å². The molecule has 3 nitrogen and oxygen atoms in total. The lowest BCUT2D eigenvalue weighted by molar-refractivity contribution is -0.133. The molecule has 2 saturated carbocycles. The zero-order valence-corrected chi connectivity index (χ0v) is 15.1. The zero-order chi connectivity index (χ0) is 14.8. The van der Waals surface area contributed by atoms with Crippen molar-refractivity contribution in [3.8, 4) is 0 Å². The van der Waals surface area contributed by atoms with Gasteiger partial charge in [0.05, 0.1) is 0 Å². The number of nitrogens with two attached hydrogens (primary N) is 1. The molecule has 122 valence electrons. The van der Waals surface area contributed by atoms with Gasteiger partial charge in [-0.25, -0.2) is 0 Å². The second-order valence-electron chi connectivity index (χ2n) is 6.44. The Morgan fingerprint density at radius 3 is 2.64 bits per heavy atom. The minimum Gasteiger partial charge on any atom is -0.335 e. The maximum Gasteiger partial charge on any atom is 0.223 e. The Morgan fingerprint density at radius 2 is 2.05 bits per heavy atom. The molecule has 0 aliphatic heterocycles. The van der Waals surface area contributed by atoms with Crippen molar-refractivity contribution >= 4 is 34.2 Å². The van der Waals surface area contributed by atoms with Crippen LogP contribution in [0.25, 0.3) is 0 Å². The van der Waals surface area contributed by atoms with Crippen LogP contribution >= 0.6 is 28.3 Å². The highest BCUT2D eigenvalue weighted by Crippen LogP contribution is 2.32. The first-order valence-corrected chi connectivity index (χ1v) is 8.72. The van der Waals surface area contributed by atoms with E-state index < -0.39 is 0 Å². The standard InChI is InChI=1S/C17H23BrN2O.ClH/c18-14-5-1-3-12(9-14)11-20(15-7-8-15)17(21)10-13-4-2-6-16(13)19;/h1,3,5,9,13,15-16H,2,4,6-8,10-11,19H2;1H/t13-,16+;/m0./s1. The molecule has 2 N–H and O–H groups in total. The Hall–Kier alpha value is -0.580. The van der Waals surface area contributed by atoms with Crippen molar-refractivity contribution in [2.45, 2.75) is 57.2 Å². The third-order valence-electron chi connectivity index (χ3n) is 4.70. The summed E-state index contributed by atoms with van der Waals surface area (Å²) in [5.74, 6) is 0.682. The zero-order valence-electron chi connectivity index (χ0n) is 12.7. The van der Waals surface area contributed by atoms with E-state index in [0.717, 1.165) is 36.7 Å². The molecule has 5 heteroatoms. The highest BCUT2D eigenvalue weighted by molar-refractivity contribution is 9.10. The molecule has 0 unspecified atom stereocenters. The smallest absolute Gasteiger partial charge is 0.223 e. The van der Waals surface area contributed by atoms with E-state index in [2.05, 4.69) is 33.0 Å². The number of benzene rings is 1. The molecule has 0 saturated heterocycles. The number of rotatable bonds is 5. The van der Waals surface area contributed by atoms with Crippen LogP contribution in [0, 0.1) is 5.92 Å². The van der Waals surface area contributed by atoms with Crippen LogP contribution < -0.4 is 5.73 Å². The van der Waals surface area contributed by atoms with Gasteiger partial charge in [0.1, 0.15) is 0 Å². The fraction of sp³-hybridized carbons (Fsp3) is 0.588. The Morgan fingerprint density at radius 1 is 1.27 bits per heavy atom. The molecule has 1 aromatic rings. The fourth-order valence-electron chi connectivity index (χ4n) is 3.30. The third-order valence-corrected chi connectivity index (χ3v) is 5.20. The molecule has 1 aromatic carbocycles. The summed E-state index contributed by atoms with van der Waals surface area (Å²) in [5.41, 5.74) is 7.31. The van der Waals surface area contributed by atoms with E-state index in [0.29, 0.717) is 24.3 Å². The number of nitrogens with zero attached hydrogens (tertiary/aromatic N) is 1. The highest BCUT2D eigenvalue weighted by atomic mass is 79.9. The van der Waals surface area contributed by atoms with Gasteiger partial charge in [0, 0.05) is 29.5 Å². The van der Waals surface area contributed by atoms with Crippen LogP contribution in [0.4, 0.5) is 0 Å². The lowest BCUT2D eigenvalue weighted by atomic mass is 9.99. The van der Waals surface area contributed by atoms with Gasteiger partial charge < -0.3 is 10.6 Å². The lowest BCUT2D eigenvalue weighted by Gasteiger charge is -2.25. The van der Waals surface area contributed by atoms with Gasteiger partial charge in [0.25, 0.3) is 0 Å². The maximum atomic E-state index is 12.7. The summed E-state index contributed by atoms with van der Waals surface area (Å²) in [6.07, 6.45) is 6.29. The van der Waals surface area contributed by atoms with Crippen LogP contribution in [0.15, 0.2) is 28.7 Å². The summed E-state index contributed by atoms with van der Waals surface area (Å²) in [4.78, 5) is 14.8. The van der Waals surface area contributed by atoms with Crippen molar-refractivity contribution in [3.05, 3.63) is 34.3 Å². The minimum atomic E-state index is 0. The van der Waals surface area contributed by atoms with Gasteiger partial charge in [-0.15, -0.1) is 12.4 Å². The van der Waals surface area contributed by atoms with Crippen LogP contribution in [0.5, 0.6) is 0 Å². The number of carbonyl (C=O) groups is 1. The number of hydrogen-bond acceptors (Lipinski definition) is 2. The molecule has 1 amide bonds. The highest BCUT2D eigenvalue weighted by Gasteiger charge is 2.35. The minimum absolute atomic E-state index is 0. The molecule has 2 fully saturated rings. The third kappa shape index (κ3) is 4.46. The summed E-state index contributed by atoms with van der Waals surface area (Å²) < 4.78 is 1.07. The van der Waals surface area contributed by atoms with E-state index in [1.807, 2.05) is 12.1 Å². The summed E-state index contributed by atoms with van der Waals surface area (Å²) >= 11 is 3.50. The SMILES string of the molecule is Cl.N[C@@H]1CCC[C@H]1CC(=O)N(Cc1cccc(Br)c1)C1CC1. The van der Waals surface area contributed by atoms with Crippen LogP contribution in [-0.4, -0.2) is 22.9 Å². The number of halogens is 2. The Bertz CT molecular complexity index is 521. The number of hydrogen-bond donors (Lipinski definition) is 1. The van der Waals surface area contributed by atoms with Crippen LogP contribution in [0.3, 0.4) is 0 Å². The normalized spacial score (nSPS) is 23.9. The first-order valence-electron chi connectivity index (χ1n) is 7.93. The van der Waals surface area contributed by atoms with Crippen LogP contribution in [0.2, 0.25) is 0 Å². The number of amides is 1. The first kappa shape index (κ1) is 17.8. The van der Waals surface area contributed by atoms with E-state index in [1.54, 1.807) is 0 Å². The number of carbonyl (C=O) groups excluding carboxylic acids is 1. The largest absolute Gasteiger partial charge is 0.335 e. The van der Waals surface area contributed by atoms with Crippen molar-refractivity contribution < 1.29 is 4.79 Å². The molecule has 0 heterocycles. The van der Waals surface area contributed by atoms with Crippen molar-refractivity contribution in [1.29, 1.82) is 0 Å². The molecule has 0 spiro atoms. The first-order chi connectivity index (χ1) is 10.1. The summed E-state index contributed by atoms with van der Waals surface area (Å²) in [6, 6.07) is 8.92. The molecular formula is C17H24BrClN2O. The Labute approximate surface area is 147 Å². The summed E-state index contributed by atoms with van der Waals surface area (Å²) in [5, 5.41) is 0. The maximum absolute atomic E-state index is 12.7. The van der Waals surface area contributed by atoms with Crippen LogP contribution in [0.1, 0.15) is 44.1 Å². The average molecular weight is 388 g/mol. The van der Waals surface area contributed by atoms with Gasteiger partial charge in [0.2, 0.25) is 5.91 Å². The van der Waals surface area contributed by atoms with E-state index >= 15 is 0 Å². The van der Waals surface area contributed by atoms with Crippen molar-refractivity contribution in [3.63, 3.8) is 0 Å². The van der Waals surface area contributed by atoms with Crippen molar-refractivity contribution in [2.24, 2.45) is 11.7 Å². The van der Waals surface area contributed by atoms with E-state index in [4.69, 9.17) is 5.73 Å². The predicted molar refractivity (Wildman–Crippen MR) is 94.9 cm³/mol. The molecule has 22 heavy (non-hydrogen) atoms. The molecule has 0 aromatic heterocycles. The molecule has 0 radical (unpaired) electrons. The van der Waals surface area contributed by atoms with Gasteiger partial charge in [-0.3, -0.25) is 4.79 Å². The second-order valence-corrected chi connectivity index (χ2v) is 7.36. The Balaban J connectivity index is 0.00000176. The molecular weight excluding hydrogens is 364 g/mol. The van der Waals surface area contributed by atoms with Gasteiger partial charge >= 0.3 is 0 Å².